The van der Waals surface area contributed by atoms with E-state index in [2.05, 4.69) is 12.2 Å². The minimum atomic E-state index is 0.749. The molecule has 0 saturated heterocycles. The van der Waals surface area contributed by atoms with Crippen molar-refractivity contribution >= 4 is 0 Å². The minimum absolute atomic E-state index is 0.749. The summed E-state index contributed by atoms with van der Waals surface area (Å²) >= 11 is 0. The molecule has 1 aliphatic carbocycles. The molecule has 0 spiro atoms. The number of nitrogens with one attached hydrogen (secondary N) is 1. The van der Waals surface area contributed by atoms with Gasteiger partial charge in [0, 0.05) is 6.04 Å². The molecule has 0 aromatic heterocycles. The lowest BCUT2D eigenvalue weighted by atomic mass is 9.68. The van der Waals surface area contributed by atoms with Crippen LogP contribution in [0.25, 0.3) is 0 Å². The van der Waals surface area contributed by atoms with Crippen molar-refractivity contribution < 1.29 is 0 Å². The highest BCUT2D eigenvalue weighted by Crippen LogP contribution is 2.35. The molecular formula is C8H18N2. The maximum atomic E-state index is 5.59. The Hall–Kier alpha value is -0.0800. The van der Waals surface area contributed by atoms with Gasteiger partial charge in [0.1, 0.15) is 0 Å². The SMILES string of the molecule is CCC1C(CN)CC1NC. The highest BCUT2D eigenvalue weighted by Gasteiger charge is 2.37. The first kappa shape index (κ1) is 8.02. The summed E-state index contributed by atoms with van der Waals surface area (Å²) in [4.78, 5) is 0. The first-order chi connectivity index (χ1) is 4.83. The van der Waals surface area contributed by atoms with Crippen LogP contribution in [0.1, 0.15) is 19.8 Å². The summed E-state index contributed by atoms with van der Waals surface area (Å²) in [6.45, 7) is 3.12. The number of hydrogen-bond donors (Lipinski definition) is 2. The van der Waals surface area contributed by atoms with Crippen molar-refractivity contribution in [1.82, 2.24) is 5.32 Å². The number of rotatable bonds is 3. The van der Waals surface area contributed by atoms with Crippen molar-refractivity contribution in [2.75, 3.05) is 13.6 Å². The van der Waals surface area contributed by atoms with Crippen LogP contribution < -0.4 is 11.1 Å². The van der Waals surface area contributed by atoms with E-state index in [-0.39, 0.29) is 0 Å². The van der Waals surface area contributed by atoms with E-state index in [0.717, 1.165) is 24.4 Å². The fraction of sp³-hybridized carbons (Fsp3) is 1.00. The van der Waals surface area contributed by atoms with Gasteiger partial charge in [0.05, 0.1) is 0 Å². The molecule has 10 heavy (non-hydrogen) atoms. The number of hydrogen-bond acceptors (Lipinski definition) is 2. The predicted molar refractivity (Wildman–Crippen MR) is 43.8 cm³/mol. The third-order valence-corrected chi connectivity index (χ3v) is 2.82. The van der Waals surface area contributed by atoms with Gasteiger partial charge >= 0.3 is 0 Å². The molecule has 2 nitrogen and oxygen atoms in total. The maximum absolute atomic E-state index is 5.59. The summed E-state index contributed by atoms with van der Waals surface area (Å²) in [7, 11) is 2.04. The summed E-state index contributed by atoms with van der Waals surface area (Å²) < 4.78 is 0. The van der Waals surface area contributed by atoms with Crippen LogP contribution in [0.2, 0.25) is 0 Å². The fourth-order valence-corrected chi connectivity index (χ4v) is 2.03. The molecule has 0 aliphatic heterocycles. The second-order valence-electron chi connectivity index (χ2n) is 3.20. The van der Waals surface area contributed by atoms with E-state index in [0.29, 0.717) is 0 Å². The van der Waals surface area contributed by atoms with Gasteiger partial charge in [-0.1, -0.05) is 13.3 Å². The summed E-state index contributed by atoms with van der Waals surface area (Å²) in [6.07, 6.45) is 2.55. The average molecular weight is 142 g/mol. The smallest absolute Gasteiger partial charge is 0.00985 e. The molecule has 0 amide bonds. The van der Waals surface area contributed by atoms with Gasteiger partial charge in [0.15, 0.2) is 0 Å². The lowest BCUT2D eigenvalue weighted by Crippen LogP contribution is -2.51. The van der Waals surface area contributed by atoms with E-state index in [9.17, 15) is 0 Å². The van der Waals surface area contributed by atoms with Gasteiger partial charge in [-0.15, -0.1) is 0 Å². The summed E-state index contributed by atoms with van der Waals surface area (Å²) in [5.74, 6) is 1.64. The van der Waals surface area contributed by atoms with Crippen LogP contribution in [0.15, 0.2) is 0 Å². The molecule has 0 heterocycles. The Kier molecular flexibility index (Phi) is 2.69. The molecule has 60 valence electrons. The highest BCUT2D eigenvalue weighted by molar-refractivity contribution is 4.92. The van der Waals surface area contributed by atoms with Crippen molar-refractivity contribution in [2.24, 2.45) is 17.6 Å². The fourth-order valence-electron chi connectivity index (χ4n) is 2.03. The summed E-state index contributed by atoms with van der Waals surface area (Å²) in [6, 6.07) is 0.749. The first-order valence-electron chi connectivity index (χ1n) is 4.20. The zero-order valence-electron chi connectivity index (χ0n) is 6.93. The van der Waals surface area contributed by atoms with E-state index in [4.69, 9.17) is 5.73 Å². The van der Waals surface area contributed by atoms with Crippen molar-refractivity contribution in [3.8, 4) is 0 Å². The van der Waals surface area contributed by atoms with E-state index in [1.54, 1.807) is 0 Å². The van der Waals surface area contributed by atoms with Gasteiger partial charge in [-0.3, -0.25) is 0 Å². The molecule has 0 aromatic carbocycles. The third-order valence-electron chi connectivity index (χ3n) is 2.82. The summed E-state index contributed by atoms with van der Waals surface area (Å²) in [5.41, 5.74) is 5.59. The Morgan fingerprint density at radius 1 is 1.60 bits per heavy atom. The Morgan fingerprint density at radius 3 is 2.70 bits per heavy atom. The van der Waals surface area contributed by atoms with Crippen molar-refractivity contribution in [1.29, 1.82) is 0 Å². The third kappa shape index (κ3) is 1.18. The molecule has 3 unspecified atom stereocenters. The van der Waals surface area contributed by atoms with Crippen molar-refractivity contribution in [3.63, 3.8) is 0 Å². The van der Waals surface area contributed by atoms with Crippen LogP contribution in [0.4, 0.5) is 0 Å². The van der Waals surface area contributed by atoms with Crippen LogP contribution >= 0.6 is 0 Å². The second-order valence-corrected chi connectivity index (χ2v) is 3.20. The van der Waals surface area contributed by atoms with Gasteiger partial charge in [0.2, 0.25) is 0 Å². The molecule has 0 radical (unpaired) electrons. The van der Waals surface area contributed by atoms with Crippen LogP contribution in [-0.4, -0.2) is 19.6 Å². The van der Waals surface area contributed by atoms with E-state index in [1.807, 2.05) is 7.05 Å². The van der Waals surface area contributed by atoms with E-state index < -0.39 is 0 Å². The highest BCUT2D eigenvalue weighted by atomic mass is 14.9. The van der Waals surface area contributed by atoms with Crippen molar-refractivity contribution in [2.45, 2.75) is 25.8 Å². The van der Waals surface area contributed by atoms with Crippen molar-refractivity contribution in [3.05, 3.63) is 0 Å². The average Bonchev–Trinajstić information content (AvgIpc) is 1.89. The Morgan fingerprint density at radius 2 is 2.30 bits per heavy atom. The lowest BCUT2D eigenvalue weighted by molar-refractivity contribution is 0.114. The molecule has 1 fully saturated rings. The zero-order valence-corrected chi connectivity index (χ0v) is 6.93. The molecule has 1 saturated carbocycles. The van der Waals surface area contributed by atoms with Gasteiger partial charge in [-0.05, 0) is 31.8 Å². The van der Waals surface area contributed by atoms with E-state index in [1.165, 1.54) is 12.8 Å². The Labute approximate surface area is 63.2 Å². The van der Waals surface area contributed by atoms with Gasteiger partial charge < -0.3 is 11.1 Å². The number of nitrogens with two attached hydrogens (primary N) is 1. The van der Waals surface area contributed by atoms with Gasteiger partial charge in [0.25, 0.3) is 0 Å². The van der Waals surface area contributed by atoms with Crippen LogP contribution in [0.3, 0.4) is 0 Å². The van der Waals surface area contributed by atoms with Gasteiger partial charge in [-0.2, -0.15) is 0 Å². The molecular weight excluding hydrogens is 124 g/mol. The predicted octanol–water partition coefficient (Wildman–Crippen LogP) is 0.579. The molecule has 3 atom stereocenters. The van der Waals surface area contributed by atoms with Crippen LogP contribution in [0.5, 0.6) is 0 Å². The Balaban J connectivity index is 2.30. The second kappa shape index (κ2) is 3.35. The summed E-state index contributed by atoms with van der Waals surface area (Å²) in [5, 5.41) is 3.31. The standard InChI is InChI=1S/C8H18N2/c1-3-7-6(5-9)4-8(7)10-2/h6-8,10H,3-5,9H2,1-2H3. The molecule has 3 N–H and O–H groups in total. The molecule has 0 aromatic rings. The molecule has 1 rings (SSSR count). The monoisotopic (exact) mass is 142 g/mol. The topological polar surface area (TPSA) is 38.0 Å². The normalized spacial score (nSPS) is 39.3. The zero-order chi connectivity index (χ0) is 7.56. The van der Waals surface area contributed by atoms with Crippen LogP contribution in [0, 0.1) is 11.8 Å². The largest absolute Gasteiger partial charge is 0.330 e. The van der Waals surface area contributed by atoms with E-state index >= 15 is 0 Å². The Bertz CT molecular complexity index is 93.4. The van der Waals surface area contributed by atoms with Gasteiger partial charge in [-0.25, -0.2) is 0 Å². The molecule has 1 aliphatic rings. The minimum Gasteiger partial charge on any atom is -0.330 e. The maximum Gasteiger partial charge on any atom is 0.00985 e. The first-order valence-corrected chi connectivity index (χ1v) is 4.20. The quantitative estimate of drug-likeness (QED) is 0.605. The molecule has 0 bridgehead atoms. The lowest BCUT2D eigenvalue weighted by Gasteiger charge is -2.44. The molecule has 2 heteroatoms. The van der Waals surface area contributed by atoms with Crippen LogP contribution in [-0.2, 0) is 0 Å².